The Morgan fingerprint density at radius 2 is 2.00 bits per heavy atom. The normalized spacial score (nSPS) is 27.0. The highest BCUT2D eigenvalue weighted by Crippen LogP contribution is 2.36. The lowest BCUT2D eigenvalue weighted by Gasteiger charge is -2.44. The highest BCUT2D eigenvalue weighted by Gasteiger charge is 2.32. The molecule has 3 heterocycles. The zero-order valence-electron chi connectivity index (χ0n) is 15.7. The number of fused-ring (bicyclic) bond motifs is 1. The van der Waals surface area contributed by atoms with Gasteiger partial charge in [-0.1, -0.05) is 12.1 Å². The molecule has 9 heteroatoms. The number of rotatable bonds is 5. The van der Waals surface area contributed by atoms with Crippen LogP contribution in [-0.2, 0) is 16.6 Å². The van der Waals surface area contributed by atoms with Crippen molar-refractivity contribution in [1.29, 1.82) is 0 Å². The highest BCUT2D eigenvalue weighted by atomic mass is 32.2. The van der Waals surface area contributed by atoms with E-state index in [1.807, 2.05) is 0 Å². The second-order valence-electron chi connectivity index (χ2n) is 7.69. The molecule has 0 bridgehead atoms. The third kappa shape index (κ3) is 3.93. The average Bonchev–Trinajstić information content (AvgIpc) is 2.61. The van der Waals surface area contributed by atoms with Crippen molar-refractivity contribution in [2.45, 2.75) is 44.2 Å². The summed E-state index contributed by atoms with van der Waals surface area (Å²) in [5.41, 5.74) is 3.50. The van der Waals surface area contributed by atoms with E-state index < -0.39 is 10.0 Å². The van der Waals surface area contributed by atoms with Gasteiger partial charge in [-0.15, -0.1) is 0 Å². The van der Waals surface area contributed by atoms with Crippen molar-refractivity contribution in [3.63, 3.8) is 0 Å². The van der Waals surface area contributed by atoms with E-state index >= 15 is 0 Å². The molecular formula is C18H29N5O3S. The number of hydrogen-bond acceptors (Lipinski definition) is 7. The number of nitrogens with zero attached hydrogens (tertiary/aromatic N) is 2. The lowest BCUT2D eigenvalue weighted by Crippen LogP contribution is -2.57. The summed E-state index contributed by atoms with van der Waals surface area (Å²) in [7, 11) is -3.09. The Hall–Kier alpha value is -1.39. The van der Waals surface area contributed by atoms with Crippen LogP contribution in [0.5, 0.6) is 0 Å². The van der Waals surface area contributed by atoms with Crippen molar-refractivity contribution in [2.75, 3.05) is 42.7 Å². The van der Waals surface area contributed by atoms with E-state index in [1.54, 1.807) is 4.31 Å². The van der Waals surface area contributed by atoms with E-state index in [4.69, 9.17) is 0 Å². The zero-order chi connectivity index (χ0) is 19.0. The molecule has 2 unspecified atom stereocenters. The number of hydrogen-bond donors (Lipinski definition) is 4. The Balaban J connectivity index is 1.40. The minimum absolute atomic E-state index is 0.0534. The third-order valence-corrected chi connectivity index (χ3v) is 7.21. The Bertz CT molecular complexity index is 777. The van der Waals surface area contributed by atoms with Crippen molar-refractivity contribution in [3.05, 3.63) is 23.8 Å². The summed E-state index contributed by atoms with van der Waals surface area (Å²) in [6.45, 7) is 3.06. The van der Waals surface area contributed by atoms with Crippen LogP contribution in [0.1, 0.15) is 24.8 Å². The van der Waals surface area contributed by atoms with E-state index in [0.717, 1.165) is 43.7 Å². The van der Waals surface area contributed by atoms with E-state index in [1.165, 1.54) is 11.8 Å². The van der Waals surface area contributed by atoms with E-state index in [0.29, 0.717) is 13.1 Å². The predicted octanol–water partition coefficient (Wildman–Crippen LogP) is 0.0699. The molecule has 3 aliphatic heterocycles. The second kappa shape index (κ2) is 7.56. The molecule has 0 radical (unpaired) electrons. The number of nitrogens with one attached hydrogen (secondary N) is 3. The minimum Gasteiger partial charge on any atom is -0.394 e. The zero-order valence-corrected chi connectivity index (χ0v) is 16.5. The maximum absolute atomic E-state index is 11.7. The van der Waals surface area contributed by atoms with Gasteiger partial charge in [0.2, 0.25) is 10.0 Å². The van der Waals surface area contributed by atoms with Crippen molar-refractivity contribution in [2.24, 2.45) is 0 Å². The van der Waals surface area contributed by atoms with Gasteiger partial charge in [0, 0.05) is 32.2 Å². The van der Waals surface area contributed by atoms with Crippen molar-refractivity contribution >= 4 is 21.4 Å². The first-order valence-electron chi connectivity index (χ1n) is 9.66. The van der Waals surface area contributed by atoms with Crippen LogP contribution in [0.25, 0.3) is 0 Å². The molecule has 2 atom stereocenters. The third-order valence-electron chi connectivity index (χ3n) is 5.90. The number of benzene rings is 1. The van der Waals surface area contributed by atoms with Crippen LogP contribution in [0.2, 0.25) is 0 Å². The monoisotopic (exact) mass is 395 g/mol. The molecule has 4 N–H and O–H groups in total. The molecule has 0 aromatic heterocycles. The summed E-state index contributed by atoms with van der Waals surface area (Å²) < 4.78 is 24.9. The number of aliphatic hydroxyl groups excluding tert-OH is 1. The van der Waals surface area contributed by atoms with Gasteiger partial charge >= 0.3 is 0 Å². The van der Waals surface area contributed by atoms with Gasteiger partial charge in [0.05, 0.1) is 30.3 Å². The molecule has 2 fully saturated rings. The van der Waals surface area contributed by atoms with Gasteiger partial charge in [-0.3, -0.25) is 10.6 Å². The fourth-order valence-corrected chi connectivity index (χ4v) is 5.06. The number of piperidine rings is 1. The molecule has 4 rings (SSSR count). The van der Waals surface area contributed by atoms with Gasteiger partial charge in [0.15, 0.2) is 0 Å². The molecule has 150 valence electrons. The van der Waals surface area contributed by atoms with Gasteiger partial charge in [-0.05, 0) is 30.9 Å². The van der Waals surface area contributed by atoms with Gasteiger partial charge in [-0.25, -0.2) is 12.7 Å². The van der Waals surface area contributed by atoms with Crippen LogP contribution in [0.3, 0.4) is 0 Å². The number of aliphatic hydroxyl groups is 1. The Morgan fingerprint density at radius 1 is 1.22 bits per heavy atom. The SMILES string of the molecule is CS(=O)(=O)N1CCC(NC2NCc3cccc(N4CCC4CO)c3N2)CC1. The largest absolute Gasteiger partial charge is 0.394 e. The highest BCUT2D eigenvalue weighted by molar-refractivity contribution is 7.88. The average molecular weight is 396 g/mol. The van der Waals surface area contributed by atoms with E-state index in [-0.39, 0.29) is 25.0 Å². The van der Waals surface area contributed by atoms with Gasteiger partial charge < -0.3 is 15.3 Å². The van der Waals surface area contributed by atoms with Crippen molar-refractivity contribution in [3.8, 4) is 0 Å². The summed E-state index contributed by atoms with van der Waals surface area (Å²) >= 11 is 0. The second-order valence-corrected chi connectivity index (χ2v) is 9.67. The first-order chi connectivity index (χ1) is 13.0. The Kier molecular flexibility index (Phi) is 5.30. The summed E-state index contributed by atoms with van der Waals surface area (Å²) in [6.07, 6.45) is 3.86. The molecule has 3 aliphatic rings. The fourth-order valence-electron chi connectivity index (χ4n) is 4.19. The smallest absolute Gasteiger partial charge is 0.211 e. The van der Waals surface area contributed by atoms with Crippen LogP contribution in [0.4, 0.5) is 11.4 Å². The molecule has 8 nitrogen and oxygen atoms in total. The molecule has 2 saturated heterocycles. The fraction of sp³-hybridized carbons (Fsp3) is 0.667. The van der Waals surface area contributed by atoms with Crippen LogP contribution in [0, 0.1) is 0 Å². The first kappa shape index (κ1) is 18.9. The van der Waals surface area contributed by atoms with Gasteiger partial charge in [0.1, 0.15) is 6.29 Å². The number of sulfonamides is 1. The molecule has 1 aromatic rings. The molecule has 0 amide bonds. The van der Waals surface area contributed by atoms with Crippen LogP contribution in [-0.4, -0.2) is 68.7 Å². The molecule has 0 aliphatic carbocycles. The maximum Gasteiger partial charge on any atom is 0.211 e. The topological polar surface area (TPSA) is 96.9 Å². The molecule has 0 spiro atoms. The molecular weight excluding hydrogens is 366 g/mol. The molecule has 0 saturated carbocycles. The van der Waals surface area contributed by atoms with Crippen molar-refractivity contribution in [1.82, 2.24) is 14.9 Å². The summed E-state index contributed by atoms with van der Waals surface area (Å²) in [6, 6.07) is 6.78. The Morgan fingerprint density at radius 3 is 2.63 bits per heavy atom. The van der Waals surface area contributed by atoms with Crippen LogP contribution in [0.15, 0.2) is 18.2 Å². The predicted molar refractivity (Wildman–Crippen MR) is 106 cm³/mol. The summed E-state index contributed by atoms with van der Waals surface area (Å²) in [4.78, 5) is 2.26. The van der Waals surface area contributed by atoms with E-state index in [9.17, 15) is 13.5 Å². The van der Waals surface area contributed by atoms with Crippen LogP contribution < -0.4 is 20.9 Å². The number of anilines is 2. The summed E-state index contributed by atoms with van der Waals surface area (Å²) in [5, 5.41) is 20.2. The van der Waals surface area contributed by atoms with Crippen LogP contribution >= 0.6 is 0 Å². The quantitative estimate of drug-likeness (QED) is 0.560. The van der Waals surface area contributed by atoms with Crippen molar-refractivity contribution < 1.29 is 13.5 Å². The first-order valence-corrected chi connectivity index (χ1v) is 11.5. The Labute approximate surface area is 161 Å². The number of para-hydroxylation sites is 1. The standard InChI is InChI=1S/C18H29N5O3S/c1-27(25,26)22-8-5-14(6-9-22)20-18-19-11-13-3-2-4-16(17(13)21-18)23-10-7-15(23)12-24/h2-4,14-15,18-21,24H,5-12H2,1H3. The minimum atomic E-state index is -3.09. The van der Waals surface area contributed by atoms with Gasteiger partial charge in [-0.2, -0.15) is 0 Å². The van der Waals surface area contributed by atoms with E-state index in [2.05, 4.69) is 39.0 Å². The molecule has 1 aromatic carbocycles. The maximum atomic E-state index is 11.7. The summed E-state index contributed by atoms with van der Waals surface area (Å²) in [5.74, 6) is 0. The molecule has 27 heavy (non-hydrogen) atoms. The lowest BCUT2D eigenvalue weighted by molar-refractivity contribution is 0.226. The van der Waals surface area contributed by atoms with Gasteiger partial charge in [0.25, 0.3) is 0 Å². The lowest BCUT2D eigenvalue weighted by atomic mass is 9.99.